The number of nitrogens with two attached hydrogens (primary N) is 1. The molecule has 102 valence electrons. The summed E-state index contributed by atoms with van der Waals surface area (Å²) >= 11 is 0. The Bertz CT molecular complexity index is 759. The molecule has 0 fully saturated rings. The van der Waals surface area contributed by atoms with Gasteiger partial charge in [-0.15, -0.1) is 0 Å². The van der Waals surface area contributed by atoms with Crippen LogP contribution in [0.25, 0.3) is 22.3 Å². The van der Waals surface area contributed by atoms with E-state index >= 15 is 0 Å². The number of halogens is 3. The summed E-state index contributed by atoms with van der Waals surface area (Å²) in [4.78, 5) is 3.82. The maximum absolute atomic E-state index is 12.5. The lowest BCUT2D eigenvalue weighted by atomic mass is 10.1. The van der Waals surface area contributed by atoms with Gasteiger partial charge >= 0.3 is 6.18 Å². The van der Waals surface area contributed by atoms with Gasteiger partial charge in [0.1, 0.15) is 5.69 Å². The first kappa shape index (κ1) is 12.5. The molecule has 0 saturated carbocycles. The zero-order chi connectivity index (χ0) is 14.3. The minimum absolute atomic E-state index is 0.356. The molecular weight excluding hydrogens is 269 g/mol. The Kier molecular flexibility index (Phi) is 2.63. The van der Waals surface area contributed by atoms with Gasteiger partial charge in [-0.3, -0.25) is 10.1 Å². The molecule has 20 heavy (non-hydrogen) atoms. The summed E-state index contributed by atoms with van der Waals surface area (Å²) in [5, 5.41) is 7.58. The summed E-state index contributed by atoms with van der Waals surface area (Å²) in [6.07, 6.45) is -3.61. The molecule has 0 saturated heterocycles. The molecule has 0 bridgehead atoms. The second-order valence-electron chi connectivity index (χ2n) is 4.31. The van der Waals surface area contributed by atoms with Gasteiger partial charge in [-0.2, -0.15) is 18.3 Å². The number of H-pyrrole nitrogens is 1. The van der Waals surface area contributed by atoms with Crippen LogP contribution in [-0.4, -0.2) is 15.2 Å². The van der Waals surface area contributed by atoms with Crippen molar-refractivity contribution in [3.05, 3.63) is 42.1 Å². The molecule has 0 aliphatic heterocycles. The Balaban J connectivity index is 2.09. The predicted molar refractivity (Wildman–Crippen MR) is 68.7 cm³/mol. The Labute approximate surface area is 111 Å². The summed E-state index contributed by atoms with van der Waals surface area (Å²) in [5.41, 5.74) is 7.03. The fourth-order valence-corrected chi connectivity index (χ4v) is 1.93. The van der Waals surface area contributed by atoms with Crippen LogP contribution in [0, 0.1) is 0 Å². The number of alkyl halides is 3. The number of hydrogen-bond donors (Lipinski definition) is 2. The first-order valence-electron chi connectivity index (χ1n) is 5.72. The van der Waals surface area contributed by atoms with Crippen molar-refractivity contribution in [3.8, 4) is 11.4 Å². The van der Waals surface area contributed by atoms with Gasteiger partial charge in [-0.05, 0) is 30.3 Å². The van der Waals surface area contributed by atoms with E-state index in [1.807, 2.05) is 0 Å². The van der Waals surface area contributed by atoms with Gasteiger partial charge in [0.05, 0.1) is 16.8 Å². The molecule has 0 radical (unpaired) electrons. The molecule has 3 rings (SSSR count). The number of aromatic amines is 1. The third-order valence-electron chi connectivity index (χ3n) is 2.92. The Morgan fingerprint density at radius 3 is 2.55 bits per heavy atom. The van der Waals surface area contributed by atoms with E-state index in [4.69, 9.17) is 5.73 Å². The third-order valence-corrected chi connectivity index (χ3v) is 2.92. The van der Waals surface area contributed by atoms with Crippen molar-refractivity contribution in [1.29, 1.82) is 0 Å². The highest BCUT2D eigenvalue weighted by Crippen LogP contribution is 2.31. The van der Waals surface area contributed by atoms with E-state index in [1.165, 1.54) is 6.07 Å². The predicted octanol–water partition coefficient (Wildman–Crippen LogP) is 3.23. The first-order chi connectivity index (χ1) is 9.45. The molecule has 7 heteroatoms. The van der Waals surface area contributed by atoms with Crippen molar-refractivity contribution < 1.29 is 13.2 Å². The van der Waals surface area contributed by atoms with Crippen molar-refractivity contribution in [1.82, 2.24) is 15.2 Å². The van der Waals surface area contributed by atoms with Crippen LogP contribution in [0.1, 0.15) is 5.56 Å². The number of aromatic nitrogens is 3. The molecule has 2 heterocycles. The molecule has 1 aromatic carbocycles. The van der Waals surface area contributed by atoms with Gasteiger partial charge in [0.2, 0.25) is 0 Å². The van der Waals surface area contributed by atoms with Gasteiger partial charge in [0.15, 0.2) is 0 Å². The van der Waals surface area contributed by atoms with E-state index in [9.17, 15) is 13.2 Å². The normalized spacial score (nSPS) is 11.9. The van der Waals surface area contributed by atoms with Crippen LogP contribution in [0.15, 0.2) is 36.5 Å². The monoisotopic (exact) mass is 278 g/mol. The zero-order valence-corrected chi connectivity index (χ0v) is 10.1. The van der Waals surface area contributed by atoms with Crippen molar-refractivity contribution in [3.63, 3.8) is 0 Å². The molecule has 0 aliphatic rings. The molecular formula is C13H9F3N4. The molecule has 0 spiro atoms. The smallest absolute Gasteiger partial charge is 0.399 e. The molecule has 2 aromatic heterocycles. The Hall–Kier alpha value is -2.57. The van der Waals surface area contributed by atoms with Gasteiger partial charge in [0, 0.05) is 17.3 Å². The van der Waals surface area contributed by atoms with Crippen LogP contribution < -0.4 is 5.73 Å². The fraction of sp³-hybridized carbons (Fsp3) is 0.0769. The van der Waals surface area contributed by atoms with Gasteiger partial charge in [-0.1, -0.05) is 0 Å². The number of nitrogen functional groups attached to an aromatic ring is 1. The van der Waals surface area contributed by atoms with E-state index in [-0.39, 0.29) is 0 Å². The summed E-state index contributed by atoms with van der Waals surface area (Å²) in [5.74, 6) is 0. The van der Waals surface area contributed by atoms with Crippen LogP contribution in [-0.2, 0) is 6.18 Å². The van der Waals surface area contributed by atoms with Gasteiger partial charge in [-0.25, -0.2) is 0 Å². The van der Waals surface area contributed by atoms with Crippen molar-refractivity contribution in [2.75, 3.05) is 5.73 Å². The molecule has 0 amide bonds. The fourth-order valence-electron chi connectivity index (χ4n) is 1.93. The minimum Gasteiger partial charge on any atom is -0.399 e. The number of fused-ring (bicyclic) bond motifs is 1. The average molecular weight is 278 g/mol. The highest BCUT2D eigenvalue weighted by atomic mass is 19.4. The number of pyridine rings is 1. The number of rotatable bonds is 1. The Morgan fingerprint density at radius 1 is 1.10 bits per heavy atom. The SMILES string of the molecule is Nc1ccc2[nH]nc(-c3ccc(C(F)(F)F)cn3)c2c1. The molecule has 0 aliphatic carbocycles. The van der Waals surface area contributed by atoms with Crippen LogP contribution in [0.4, 0.5) is 18.9 Å². The number of nitrogens with zero attached hydrogens (tertiary/aromatic N) is 2. The first-order valence-corrected chi connectivity index (χ1v) is 5.72. The lowest BCUT2D eigenvalue weighted by molar-refractivity contribution is -0.137. The third kappa shape index (κ3) is 2.07. The number of benzene rings is 1. The summed E-state index contributed by atoms with van der Waals surface area (Å²) in [6, 6.07) is 7.44. The number of hydrogen-bond acceptors (Lipinski definition) is 3. The standard InChI is InChI=1S/C13H9F3N4/c14-13(15,16)7-1-3-11(18-6-7)12-9-5-8(17)2-4-10(9)19-20-12/h1-6H,17H2,(H,19,20). The number of nitrogens with one attached hydrogen (secondary N) is 1. The minimum atomic E-state index is -4.40. The molecule has 0 unspecified atom stereocenters. The largest absolute Gasteiger partial charge is 0.417 e. The lowest BCUT2D eigenvalue weighted by Crippen LogP contribution is -2.05. The molecule has 3 N–H and O–H groups in total. The van der Waals surface area contributed by atoms with Crippen LogP contribution in [0.2, 0.25) is 0 Å². The van der Waals surface area contributed by atoms with Crippen molar-refractivity contribution in [2.24, 2.45) is 0 Å². The molecule has 0 atom stereocenters. The summed E-state index contributed by atoms with van der Waals surface area (Å²) in [6.45, 7) is 0. The Morgan fingerprint density at radius 2 is 1.90 bits per heavy atom. The topological polar surface area (TPSA) is 67.6 Å². The van der Waals surface area contributed by atoms with Crippen LogP contribution in [0.5, 0.6) is 0 Å². The maximum Gasteiger partial charge on any atom is 0.417 e. The second kappa shape index (κ2) is 4.22. The van der Waals surface area contributed by atoms with Gasteiger partial charge in [0.25, 0.3) is 0 Å². The van der Waals surface area contributed by atoms with E-state index in [0.717, 1.165) is 23.2 Å². The van der Waals surface area contributed by atoms with E-state index in [1.54, 1.807) is 18.2 Å². The molecule has 3 aromatic rings. The maximum atomic E-state index is 12.5. The summed E-state index contributed by atoms with van der Waals surface area (Å²) < 4.78 is 37.5. The number of anilines is 1. The zero-order valence-electron chi connectivity index (χ0n) is 10.1. The van der Waals surface area contributed by atoms with Crippen molar-refractivity contribution in [2.45, 2.75) is 6.18 Å². The van der Waals surface area contributed by atoms with Crippen LogP contribution in [0.3, 0.4) is 0 Å². The quantitative estimate of drug-likeness (QED) is 0.671. The van der Waals surface area contributed by atoms with Crippen molar-refractivity contribution >= 4 is 16.6 Å². The van der Waals surface area contributed by atoms with Gasteiger partial charge < -0.3 is 5.73 Å². The average Bonchev–Trinajstić information content (AvgIpc) is 2.81. The highest BCUT2D eigenvalue weighted by Gasteiger charge is 2.30. The molecule has 4 nitrogen and oxygen atoms in total. The lowest BCUT2D eigenvalue weighted by Gasteiger charge is -2.06. The summed E-state index contributed by atoms with van der Waals surface area (Å²) in [7, 11) is 0. The highest BCUT2D eigenvalue weighted by molar-refractivity contribution is 5.93. The van der Waals surface area contributed by atoms with E-state index in [2.05, 4.69) is 15.2 Å². The van der Waals surface area contributed by atoms with E-state index in [0.29, 0.717) is 17.1 Å². The van der Waals surface area contributed by atoms with E-state index < -0.39 is 11.7 Å². The second-order valence-corrected chi connectivity index (χ2v) is 4.31. The van der Waals surface area contributed by atoms with Crippen LogP contribution >= 0.6 is 0 Å².